The average molecular weight is 287 g/mol. The number of nitrogens with zero attached hydrogens (tertiary/aromatic N) is 4. The molecule has 106 valence electrons. The van der Waals surface area contributed by atoms with Crippen LogP contribution in [0.5, 0.6) is 0 Å². The molecule has 0 saturated heterocycles. The monoisotopic (exact) mass is 287 g/mol. The molecule has 19 heavy (non-hydrogen) atoms. The summed E-state index contributed by atoms with van der Waals surface area (Å²) < 4.78 is 1.74. The van der Waals surface area contributed by atoms with Gasteiger partial charge in [0, 0.05) is 6.54 Å². The summed E-state index contributed by atoms with van der Waals surface area (Å²) in [6, 6.07) is -0.836. The first kappa shape index (κ1) is 15.4. The number of amides is 1. The van der Waals surface area contributed by atoms with E-state index < -0.39 is 12.0 Å². The lowest BCUT2D eigenvalue weighted by molar-refractivity contribution is -0.140. The maximum absolute atomic E-state index is 10.8. The topological polar surface area (TPSA) is 110 Å². The van der Waals surface area contributed by atoms with Gasteiger partial charge in [-0.25, -0.2) is 9.48 Å². The van der Waals surface area contributed by atoms with Gasteiger partial charge in [-0.3, -0.25) is 4.79 Å². The first-order valence-electron chi connectivity index (χ1n) is 5.94. The van der Waals surface area contributed by atoms with E-state index in [0.717, 1.165) is 18.8 Å². The van der Waals surface area contributed by atoms with Gasteiger partial charge < -0.3 is 10.4 Å². The average Bonchev–Trinajstić information content (AvgIpc) is 2.81. The Morgan fingerprint density at radius 2 is 2.42 bits per heavy atom. The highest BCUT2D eigenvalue weighted by Gasteiger charge is 2.15. The molecule has 0 spiro atoms. The Hall–Kier alpha value is -1.64. The summed E-state index contributed by atoms with van der Waals surface area (Å²) in [5.74, 6) is 0.989. The lowest BCUT2D eigenvalue weighted by Gasteiger charge is -2.10. The van der Waals surface area contributed by atoms with Gasteiger partial charge in [0.2, 0.25) is 6.41 Å². The Labute approximate surface area is 114 Å². The van der Waals surface area contributed by atoms with E-state index in [4.69, 9.17) is 5.11 Å². The van der Waals surface area contributed by atoms with E-state index in [1.165, 1.54) is 11.8 Å². The van der Waals surface area contributed by atoms with E-state index in [-0.39, 0.29) is 0 Å². The smallest absolute Gasteiger partial charge is 0.326 e. The summed E-state index contributed by atoms with van der Waals surface area (Å²) >= 11 is 1.54. The van der Waals surface area contributed by atoms with Crippen LogP contribution < -0.4 is 5.32 Å². The minimum Gasteiger partial charge on any atom is -0.480 e. The van der Waals surface area contributed by atoms with Crippen LogP contribution in [0.4, 0.5) is 0 Å². The predicted molar refractivity (Wildman–Crippen MR) is 69.5 cm³/mol. The van der Waals surface area contributed by atoms with Crippen LogP contribution in [0.3, 0.4) is 0 Å². The summed E-state index contributed by atoms with van der Waals surface area (Å²) in [4.78, 5) is 21.0. The van der Waals surface area contributed by atoms with Gasteiger partial charge in [0.1, 0.15) is 6.04 Å². The number of carboxylic acid groups (broad SMARTS) is 1. The molecule has 1 aromatic heterocycles. The molecule has 1 atom stereocenters. The Morgan fingerprint density at radius 1 is 1.63 bits per heavy atom. The van der Waals surface area contributed by atoms with Gasteiger partial charge in [-0.2, -0.15) is 11.8 Å². The van der Waals surface area contributed by atoms with Crippen molar-refractivity contribution in [2.45, 2.75) is 38.1 Å². The molecule has 2 N–H and O–H groups in total. The summed E-state index contributed by atoms with van der Waals surface area (Å²) in [5, 5.41) is 22.5. The van der Waals surface area contributed by atoms with Crippen LogP contribution in [0.2, 0.25) is 0 Å². The van der Waals surface area contributed by atoms with E-state index in [0.29, 0.717) is 24.3 Å². The first-order chi connectivity index (χ1) is 9.19. The van der Waals surface area contributed by atoms with Crippen molar-refractivity contribution in [2.75, 3.05) is 5.75 Å². The number of nitrogens with one attached hydrogen (secondary N) is 1. The fraction of sp³-hybridized carbons (Fsp3) is 0.700. The molecule has 0 radical (unpaired) electrons. The fourth-order valence-corrected chi connectivity index (χ4v) is 2.37. The van der Waals surface area contributed by atoms with Crippen molar-refractivity contribution >= 4 is 24.1 Å². The molecule has 0 fully saturated rings. The number of aromatic nitrogens is 4. The molecule has 0 saturated carbocycles. The van der Waals surface area contributed by atoms with Gasteiger partial charge in [-0.05, 0) is 29.0 Å². The molecular weight excluding hydrogens is 270 g/mol. The maximum Gasteiger partial charge on any atom is 0.326 e. The quantitative estimate of drug-likeness (QED) is 0.457. The maximum atomic E-state index is 10.8. The molecule has 0 bridgehead atoms. The Balaban J connectivity index is 2.31. The van der Waals surface area contributed by atoms with Gasteiger partial charge in [-0.15, -0.1) is 5.10 Å². The van der Waals surface area contributed by atoms with Crippen molar-refractivity contribution < 1.29 is 14.7 Å². The molecule has 1 rings (SSSR count). The first-order valence-corrected chi connectivity index (χ1v) is 7.09. The summed E-state index contributed by atoms with van der Waals surface area (Å²) in [6.07, 6.45) is 1.73. The molecular formula is C10H17N5O3S. The standard InChI is InChI=1S/C10H17N5O3S/c1-2-4-15-9(12-13-14-15)6-19-5-3-8(10(17)18)11-7-16/h7-8H,2-6H2,1H3,(H,11,16)(H,17,18). The van der Waals surface area contributed by atoms with Crippen LogP contribution in [0.25, 0.3) is 0 Å². The summed E-state index contributed by atoms with van der Waals surface area (Å²) in [6.45, 7) is 2.81. The fourth-order valence-electron chi connectivity index (χ4n) is 1.44. The number of rotatable bonds is 10. The van der Waals surface area contributed by atoms with Crippen LogP contribution in [-0.4, -0.2) is 49.5 Å². The van der Waals surface area contributed by atoms with Gasteiger partial charge in [-0.1, -0.05) is 6.92 Å². The van der Waals surface area contributed by atoms with Crippen LogP contribution in [-0.2, 0) is 21.9 Å². The highest BCUT2D eigenvalue weighted by molar-refractivity contribution is 7.98. The highest BCUT2D eigenvalue weighted by Crippen LogP contribution is 2.11. The number of hydrogen-bond acceptors (Lipinski definition) is 6. The number of thioether (sulfide) groups is 1. The number of carbonyl (C=O) groups is 2. The zero-order valence-electron chi connectivity index (χ0n) is 10.7. The minimum absolute atomic E-state index is 0.369. The summed E-state index contributed by atoms with van der Waals surface area (Å²) in [7, 11) is 0. The summed E-state index contributed by atoms with van der Waals surface area (Å²) in [5.41, 5.74) is 0. The Kier molecular flexibility index (Phi) is 6.86. The van der Waals surface area contributed by atoms with Crippen molar-refractivity contribution in [3.63, 3.8) is 0 Å². The zero-order valence-corrected chi connectivity index (χ0v) is 11.5. The minimum atomic E-state index is -1.02. The molecule has 9 heteroatoms. The van der Waals surface area contributed by atoms with Gasteiger partial charge >= 0.3 is 5.97 Å². The van der Waals surface area contributed by atoms with E-state index >= 15 is 0 Å². The number of hydrogen-bond donors (Lipinski definition) is 2. The SMILES string of the molecule is CCCn1nnnc1CSCCC(NC=O)C(=O)O. The highest BCUT2D eigenvalue weighted by atomic mass is 32.2. The Bertz CT molecular complexity index is 412. The second kappa shape index (κ2) is 8.46. The number of aliphatic carboxylic acids is 1. The molecule has 0 aliphatic heterocycles. The van der Waals surface area contributed by atoms with Gasteiger partial charge in [0.05, 0.1) is 5.75 Å². The molecule has 8 nitrogen and oxygen atoms in total. The third kappa shape index (κ3) is 5.25. The second-order valence-corrected chi connectivity index (χ2v) is 4.94. The third-order valence-electron chi connectivity index (χ3n) is 2.39. The number of carbonyl (C=O) groups excluding carboxylic acids is 1. The third-order valence-corrected chi connectivity index (χ3v) is 3.38. The Morgan fingerprint density at radius 3 is 3.05 bits per heavy atom. The van der Waals surface area contributed by atoms with Crippen LogP contribution in [0.15, 0.2) is 0 Å². The number of aryl methyl sites for hydroxylation is 1. The molecule has 1 heterocycles. The molecule has 1 aromatic rings. The molecule has 0 aromatic carbocycles. The number of carboxylic acids is 1. The van der Waals surface area contributed by atoms with E-state index in [2.05, 4.69) is 20.8 Å². The lowest BCUT2D eigenvalue weighted by atomic mass is 10.2. The van der Waals surface area contributed by atoms with Gasteiger partial charge in [0.25, 0.3) is 0 Å². The zero-order chi connectivity index (χ0) is 14.1. The van der Waals surface area contributed by atoms with E-state index in [1.54, 1.807) is 4.68 Å². The van der Waals surface area contributed by atoms with Crippen LogP contribution in [0.1, 0.15) is 25.6 Å². The van der Waals surface area contributed by atoms with Crippen molar-refractivity contribution in [1.82, 2.24) is 25.5 Å². The number of tetrazole rings is 1. The van der Waals surface area contributed by atoms with Crippen molar-refractivity contribution in [1.29, 1.82) is 0 Å². The van der Waals surface area contributed by atoms with E-state index in [9.17, 15) is 9.59 Å². The van der Waals surface area contributed by atoms with E-state index in [1.807, 2.05) is 6.92 Å². The lowest BCUT2D eigenvalue weighted by Crippen LogP contribution is -2.36. The van der Waals surface area contributed by atoms with Gasteiger partial charge in [0.15, 0.2) is 5.82 Å². The van der Waals surface area contributed by atoms with Crippen molar-refractivity contribution in [3.05, 3.63) is 5.82 Å². The normalized spacial score (nSPS) is 12.1. The van der Waals surface area contributed by atoms with Crippen LogP contribution in [0, 0.1) is 0 Å². The van der Waals surface area contributed by atoms with Crippen LogP contribution >= 0.6 is 11.8 Å². The molecule has 1 unspecified atom stereocenters. The molecule has 0 aliphatic carbocycles. The molecule has 0 aliphatic rings. The van der Waals surface area contributed by atoms with Crippen molar-refractivity contribution in [2.24, 2.45) is 0 Å². The second-order valence-electron chi connectivity index (χ2n) is 3.83. The molecule has 1 amide bonds. The largest absolute Gasteiger partial charge is 0.480 e. The predicted octanol–water partition coefficient (Wildman–Crippen LogP) is -0.0944. The van der Waals surface area contributed by atoms with Crippen molar-refractivity contribution in [3.8, 4) is 0 Å².